The Morgan fingerprint density at radius 1 is 1.22 bits per heavy atom. The molecule has 0 heterocycles. The van der Waals surface area contributed by atoms with E-state index in [1.807, 2.05) is 18.2 Å². The van der Waals surface area contributed by atoms with Crippen LogP contribution in [-0.2, 0) is 11.3 Å². The van der Waals surface area contributed by atoms with Crippen LogP contribution in [0.4, 0.5) is 4.39 Å². The first-order chi connectivity index (χ1) is 10.8. The SMILES string of the molecule is O=C(NCc1ccccc1)[C@@](F)(Br)[C@H](O)c1ccc(Cl)c(Cl)c1. The highest BCUT2D eigenvalue weighted by Gasteiger charge is 2.44. The van der Waals surface area contributed by atoms with E-state index in [0.717, 1.165) is 5.56 Å². The fourth-order valence-corrected chi connectivity index (χ4v) is 2.62. The molecular weight excluding hydrogens is 408 g/mol. The van der Waals surface area contributed by atoms with E-state index in [9.17, 15) is 14.3 Å². The number of alkyl halides is 2. The number of aliphatic hydroxyl groups excluding tert-OH is 1. The van der Waals surface area contributed by atoms with Crippen molar-refractivity contribution in [1.82, 2.24) is 5.32 Å². The third kappa shape index (κ3) is 4.44. The van der Waals surface area contributed by atoms with Gasteiger partial charge in [-0.05, 0) is 39.2 Å². The monoisotopic (exact) mass is 419 g/mol. The Morgan fingerprint density at radius 2 is 1.87 bits per heavy atom. The second-order valence-corrected chi connectivity index (χ2v) is 6.84. The summed E-state index contributed by atoms with van der Waals surface area (Å²) in [7, 11) is 0. The molecule has 2 N–H and O–H groups in total. The predicted molar refractivity (Wildman–Crippen MR) is 92.5 cm³/mol. The molecule has 23 heavy (non-hydrogen) atoms. The van der Waals surface area contributed by atoms with E-state index in [1.165, 1.54) is 18.2 Å². The van der Waals surface area contributed by atoms with E-state index in [-0.39, 0.29) is 22.2 Å². The molecule has 0 saturated heterocycles. The van der Waals surface area contributed by atoms with E-state index in [1.54, 1.807) is 12.1 Å². The molecule has 0 aromatic heterocycles. The number of rotatable bonds is 5. The van der Waals surface area contributed by atoms with E-state index in [4.69, 9.17) is 23.2 Å². The molecule has 0 spiro atoms. The summed E-state index contributed by atoms with van der Waals surface area (Å²) in [6, 6.07) is 13.2. The summed E-state index contributed by atoms with van der Waals surface area (Å²) in [5.41, 5.74) is 0.946. The number of carbonyl (C=O) groups is 1. The normalized spacial score (nSPS) is 14.8. The van der Waals surface area contributed by atoms with Crippen molar-refractivity contribution in [2.24, 2.45) is 0 Å². The van der Waals surface area contributed by atoms with Gasteiger partial charge in [0, 0.05) is 6.54 Å². The molecule has 2 aromatic carbocycles. The van der Waals surface area contributed by atoms with Gasteiger partial charge < -0.3 is 10.4 Å². The average molecular weight is 421 g/mol. The van der Waals surface area contributed by atoms with Gasteiger partial charge in [0.2, 0.25) is 0 Å². The van der Waals surface area contributed by atoms with Crippen molar-refractivity contribution >= 4 is 45.0 Å². The van der Waals surface area contributed by atoms with Crippen LogP contribution < -0.4 is 5.32 Å². The van der Waals surface area contributed by atoms with Crippen molar-refractivity contribution in [3.05, 3.63) is 69.7 Å². The Balaban J connectivity index is 2.09. The second kappa shape index (κ2) is 7.62. The summed E-state index contributed by atoms with van der Waals surface area (Å²) in [5.74, 6) is -0.986. The molecule has 2 aromatic rings. The average Bonchev–Trinajstić information content (AvgIpc) is 2.55. The lowest BCUT2D eigenvalue weighted by Gasteiger charge is -2.24. The van der Waals surface area contributed by atoms with Crippen molar-refractivity contribution < 1.29 is 14.3 Å². The lowest BCUT2D eigenvalue weighted by atomic mass is 10.0. The second-order valence-electron chi connectivity index (χ2n) is 4.87. The molecule has 2 atom stereocenters. The highest BCUT2D eigenvalue weighted by molar-refractivity contribution is 9.10. The van der Waals surface area contributed by atoms with E-state index in [0.29, 0.717) is 0 Å². The maximum Gasteiger partial charge on any atom is 0.272 e. The van der Waals surface area contributed by atoms with Crippen LogP contribution in [0.1, 0.15) is 17.2 Å². The summed E-state index contributed by atoms with van der Waals surface area (Å²) >= 11 is 14.3. The zero-order chi connectivity index (χ0) is 17.0. The van der Waals surface area contributed by atoms with Crippen LogP contribution in [0.15, 0.2) is 48.5 Å². The Morgan fingerprint density at radius 3 is 2.48 bits per heavy atom. The fourth-order valence-electron chi connectivity index (χ4n) is 1.91. The largest absolute Gasteiger partial charge is 0.384 e. The highest BCUT2D eigenvalue weighted by atomic mass is 79.9. The van der Waals surface area contributed by atoms with Crippen molar-refractivity contribution in [3.8, 4) is 0 Å². The van der Waals surface area contributed by atoms with Crippen LogP contribution in [0.3, 0.4) is 0 Å². The minimum Gasteiger partial charge on any atom is -0.384 e. The van der Waals surface area contributed by atoms with Gasteiger partial charge in [0.05, 0.1) is 10.0 Å². The summed E-state index contributed by atoms with van der Waals surface area (Å²) in [4.78, 5) is 12.1. The molecule has 0 aliphatic heterocycles. The van der Waals surface area contributed by atoms with Gasteiger partial charge in [-0.2, -0.15) is 0 Å². The van der Waals surface area contributed by atoms with Gasteiger partial charge in [0.1, 0.15) is 6.10 Å². The Bertz CT molecular complexity index is 698. The zero-order valence-corrected chi connectivity index (χ0v) is 14.9. The van der Waals surface area contributed by atoms with E-state index < -0.39 is 16.6 Å². The highest BCUT2D eigenvalue weighted by Crippen LogP contribution is 2.37. The number of nitrogens with one attached hydrogen (secondary N) is 1. The smallest absolute Gasteiger partial charge is 0.272 e. The van der Waals surface area contributed by atoms with E-state index >= 15 is 0 Å². The molecule has 0 fully saturated rings. The minimum atomic E-state index is -2.70. The molecule has 0 bridgehead atoms. The molecular formula is C16H13BrCl2FNO2. The first kappa shape index (κ1) is 18.2. The summed E-state index contributed by atoms with van der Waals surface area (Å²) in [5, 5.41) is 13.0. The number of aliphatic hydroxyl groups is 1. The van der Waals surface area contributed by atoms with Gasteiger partial charge in [0.15, 0.2) is 0 Å². The Labute approximate surface area is 151 Å². The quantitative estimate of drug-likeness (QED) is 0.704. The number of amides is 1. The van der Waals surface area contributed by atoms with Gasteiger partial charge in [-0.15, -0.1) is 0 Å². The van der Waals surface area contributed by atoms with Crippen LogP contribution in [0.25, 0.3) is 0 Å². The van der Waals surface area contributed by atoms with E-state index in [2.05, 4.69) is 21.2 Å². The Hall–Kier alpha value is -1.14. The van der Waals surface area contributed by atoms with Crippen molar-refractivity contribution in [2.45, 2.75) is 17.2 Å². The molecule has 2 rings (SSSR count). The number of carbonyl (C=O) groups excluding carboxylic acids is 1. The minimum absolute atomic E-state index is 0.133. The van der Waals surface area contributed by atoms with Gasteiger partial charge in [0.25, 0.3) is 10.5 Å². The third-order valence-corrected chi connectivity index (χ3v) is 4.73. The summed E-state index contributed by atoms with van der Waals surface area (Å²) in [6.07, 6.45) is -1.74. The van der Waals surface area contributed by atoms with Gasteiger partial charge >= 0.3 is 0 Å². The van der Waals surface area contributed by atoms with Crippen molar-refractivity contribution in [2.75, 3.05) is 0 Å². The number of hydrogen-bond acceptors (Lipinski definition) is 2. The topological polar surface area (TPSA) is 49.3 Å². The maximum absolute atomic E-state index is 14.7. The van der Waals surface area contributed by atoms with Gasteiger partial charge in [-0.3, -0.25) is 4.79 Å². The number of benzene rings is 2. The Kier molecular flexibility index (Phi) is 6.03. The number of halogens is 4. The van der Waals surface area contributed by atoms with Crippen LogP contribution in [0.5, 0.6) is 0 Å². The molecule has 122 valence electrons. The third-order valence-electron chi connectivity index (χ3n) is 3.20. The lowest BCUT2D eigenvalue weighted by Crippen LogP contribution is -2.42. The van der Waals surface area contributed by atoms with Crippen LogP contribution in [0, 0.1) is 0 Å². The van der Waals surface area contributed by atoms with Crippen molar-refractivity contribution in [3.63, 3.8) is 0 Å². The summed E-state index contributed by atoms with van der Waals surface area (Å²) < 4.78 is 12.0. The first-order valence-corrected chi connectivity index (χ1v) is 8.20. The molecule has 0 aliphatic rings. The first-order valence-electron chi connectivity index (χ1n) is 6.65. The maximum atomic E-state index is 14.7. The molecule has 0 aliphatic carbocycles. The lowest BCUT2D eigenvalue weighted by molar-refractivity contribution is -0.132. The van der Waals surface area contributed by atoms with Crippen LogP contribution in [0.2, 0.25) is 10.0 Å². The van der Waals surface area contributed by atoms with Gasteiger partial charge in [-0.1, -0.05) is 59.6 Å². The van der Waals surface area contributed by atoms with Crippen LogP contribution in [-0.4, -0.2) is 15.6 Å². The molecule has 7 heteroatoms. The fraction of sp³-hybridized carbons (Fsp3) is 0.188. The zero-order valence-electron chi connectivity index (χ0n) is 11.8. The molecule has 0 unspecified atom stereocenters. The molecule has 0 radical (unpaired) electrons. The number of hydrogen-bond donors (Lipinski definition) is 2. The van der Waals surface area contributed by atoms with Gasteiger partial charge in [-0.25, -0.2) is 4.39 Å². The molecule has 1 amide bonds. The predicted octanol–water partition coefficient (Wildman–Crippen LogP) is 4.40. The standard InChI is InChI=1S/C16H13BrCl2FNO2/c17-16(20,14(22)11-6-7-12(18)13(19)8-11)15(23)21-9-10-4-2-1-3-5-10/h1-8,14,22H,9H2,(H,21,23)/t14-,16-/m1/s1. The summed E-state index contributed by atoms with van der Waals surface area (Å²) in [6.45, 7) is 0.144. The van der Waals surface area contributed by atoms with Crippen LogP contribution >= 0.6 is 39.1 Å². The molecule has 0 saturated carbocycles. The van der Waals surface area contributed by atoms with Crippen molar-refractivity contribution in [1.29, 1.82) is 0 Å². The molecule has 3 nitrogen and oxygen atoms in total.